The lowest BCUT2D eigenvalue weighted by atomic mass is 10.0. The van der Waals surface area contributed by atoms with E-state index in [9.17, 15) is 4.79 Å². The Balaban J connectivity index is 1.67. The first-order valence-electron chi connectivity index (χ1n) is 8.33. The second kappa shape index (κ2) is 6.86. The molecule has 0 unspecified atom stereocenters. The van der Waals surface area contributed by atoms with E-state index in [1.54, 1.807) is 24.5 Å². The zero-order valence-corrected chi connectivity index (χ0v) is 14.3. The first-order chi connectivity index (χ1) is 12.2. The first kappa shape index (κ1) is 16.1. The number of aromatic amines is 1. The van der Waals surface area contributed by atoms with Crippen LogP contribution in [0, 0.1) is 0 Å². The molecule has 1 aliphatic heterocycles. The van der Waals surface area contributed by atoms with Crippen molar-refractivity contribution in [2.75, 3.05) is 18.5 Å². The molecule has 128 valence electrons. The van der Waals surface area contributed by atoms with Crippen molar-refractivity contribution in [3.05, 3.63) is 58.9 Å². The van der Waals surface area contributed by atoms with Crippen LogP contribution >= 0.6 is 11.6 Å². The quantitative estimate of drug-likeness (QED) is 0.693. The van der Waals surface area contributed by atoms with E-state index in [2.05, 4.69) is 15.3 Å². The Morgan fingerprint density at radius 2 is 2.08 bits per heavy atom. The van der Waals surface area contributed by atoms with E-state index in [0.717, 1.165) is 37.0 Å². The van der Waals surface area contributed by atoms with Crippen LogP contribution in [0.15, 0.2) is 42.7 Å². The zero-order valence-electron chi connectivity index (χ0n) is 13.6. The van der Waals surface area contributed by atoms with Crippen molar-refractivity contribution >= 4 is 34.1 Å². The SMILES string of the molecule is O=C(c1cccnc1NC1CCOCC1)c1c[nH]c2cc(Cl)ccc12. The van der Waals surface area contributed by atoms with E-state index < -0.39 is 0 Å². The van der Waals surface area contributed by atoms with Crippen molar-refractivity contribution in [1.82, 2.24) is 9.97 Å². The normalized spacial score (nSPS) is 15.4. The fourth-order valence-corrected chi connectivity index (χ4v) is 3.34. The summed E-state index contributed by atoms with van der Waals surface area (Å²) in [7, 11) is 0. The molecule has 1 fully saturated rings. The topological polar surface area (TPSA) is 67.0 Å². The summed E-state index contributed by atoms with van der Waals surface area (Å²) in [5.74, 6) is 0.568. The van der Waals surface area contributed by atoms with Crippen LogP contribution in [0.2, 0.25) is 5.02 Å². The van der Waals surface area contributed by atoms with Crippen LogP contribution in [0.4, 0.5) is 5.82 Å². The van der Waals surface area contributed by atoms with E-state index in [1.165, 1.54) is 0 Å². The minimum atomic E-state index is -0.0590. The lowest BCUT2D eigenvalue weighted by Gasteiger charge is -2.24. The average Bonchev–Trinajstić information content (AvgIpc) is 3.05. The highest BCUT2D eigenvalue weighted by atomic mass is 35.5. The molecule has 0 saturated carbocycles. The third-order valence-corrected chi connectivity index (χ3v) is 4.74. The molecular weight excluding hydrogens is 338 g/mol. The average molecular weight is 356 g/mol. The highest BCUT2D eigenvalue weighted by molar-refractivity contribution is 6.31. The fourth-order valence-electron chi connectivity index (χ4n) is 3.17. The Morgan fingerprint density at radius 1 is 1.24 bits per heavy atom. The molecule has 1 aliphatic rings. The monoisotopic (exact) mass is 355 g/mol. The molecule has 0 bridgehead atoms. The Labute approximate surface area is 150 Å². The predicted molar refractivity (Wildman–Crippen MR) is 98.4 cm³/mol. The summed E-state index contributed by atoms with van der Waals surface area (Å²) < 4.78 is 5.39. The standard InChI is InChI=1S/C19H18ClN3O2/c20-12-3-4-14-16(11-22-17(14)10-12)18(24)15-2-1-7-21-19(15)23-13-5-8-25-9-6-13/h1-4,7,10-11,13,22H,5-6,8-9H2,(H,21,23). The van der Waals surface area contributed by atoms with Crippen LogP contribution in [0.25, 0.3) is 10.9 Å². The van der Waals surface area contributed by atoms with E-state index in [-0.39, 0.29) is 11.8 Å². The molecule has 25 heavy (non-hydrogen) atoms. The lowest BCUT2D eigenvalue weighted by Crippen LogP contribution is -2.29. The van der Waals surface area contributed by atoms with Crippen LogP contribution < -0.4 is 5.32 Å². The van der Waals surface area contributed by atoms with E-state index >= 15 is 0 Å². The molecule has 4 rings (SSSR count). The number of anilines is 1. The molecule has 2 N–H and O–H groups in total. The third kappa shape index (κ3) is 3.25. The number of fused-ring (bicyclic) bond motifs is 1. The number of pyridine rings is 1. The third-order valence-electron chi connectivity index (χ3n) is 4.50. The molecule has 0 spiro atoms. The van der Waals surface area contributed by atoms with Crippen molar-refractivity contribution in [1.29, 1.82) is 0 Å². The molecule has 6 heteroatoms. The second-order valence-electron chi connectivity index (χ2n) is 6.15. The lowest BCUT2D eigenvalue weighted by molar-refractivity contribution is 0.0903. The number of hydrogen-bond donors (Lipinski definition) is 2. The summed E-state index contributed by atoms with van der Waals surface area (Å²) in [4.78, 5) is 20.6. The number of rotatable bonds is 4. The molecule has 1 saturated heterocycles. The largest absolute Gasteiger partial charge is 0.381 e. The molecule has 3 heterocycles. The molecule has 0 aliphatic carbocycles. The molecule has 1 aromatic carbocycles. The number of halogens is 1. The molecule has 0 atom stereocenters. The van der Waals surface area contributed by atoms with Gasteiger partial charge in [-0.2, -0.15) is 0 Å². The van der Waals surface area contributed by atoms with Gasteiger partial charge in [0.25, 0.3) is 0 Å². The summed E-state index contributed by atoms with van der Waals surface area (Å²) >= 11 is 6.02. The summed E-state index contributed by atoms with van der Waals surface area (Å²) in [5.41, 5.74) is 2.04. The van der Waals surface area contributed by atoms with Crippen molar-refractivity contribution < 1.29 is 9.53 Å². The summed E-state index contributed by atoms with van der Waals surface area (Å²) in [6.45, 7) is 1.47. The number of ketones is 1. The van der Waals surface area contributed by atoms with Gasteiger partial charge in [-0.1, -0.05) is 17.7 Å². The van der Waals surface area contributed by atoms with E-state index in [4.69, 9.17) is 16.3 Å². The number of nitrogens with one attached hydrogen (secondary N) is 2. The number of ether oxygens (including phenoxy) is 1. The Hall–Kier alpha value is -2.37. The van der Waals surface area contributed by atoms with Gasteiger partial charge in [0.1, 0.15) is 5.82 Å². The van der Waals surface area contributed by atoms with E-state index in [1.807, 2.05) is 18.2 Å². The van der Waals surface area contributed by atoms with Gasteiger partial charge in [-0.25, -0.2) is 4.98 Å². The molecule has 0 radical (unpaired) electrons. The van der Waals surface area contributed by atoms with Gasteiger partial charge in [-0.05, 0) is 37.1 Å². The number of benzene rings is 1. The van der Waals surface area contributed by atoms with Gasteiger partial charge in [0.15, 0.2) is 5.78 Å². The number of aromatic nitrogens is 2. The molecular formula is C19H18ClN3O2. The Bertz CT molecular complexity index is 916. The van der Waals surface area contributed by atoms with Gasteiger partial charge >= 0.3 is 0 Å². The number of H-pyrrole nitrogens is 1. The second-order valence-corrected chi connectivity index (χ2v) is 6.59. The van der Waals surface area contributed by atoms with Gasteiger partial charge in [0, 0.05) is 53.1 Å². The first-order valence-corrected chi connectivity index (χ1v) is 8.71. The maximum absolute atomic E-state index is 13.1. The van der Waals surface area contributed by atoms with Gasteiger partial charge in [0.05, 0.1) is 5.56 Å². The van der Waals surface area contributed by atoms with Crippen molar-refractivity contribution in [3.63, 3.8) is 0 Å². The Kier molecular flexibility index (Phi) is 4.42. The van der Waals surface area contributed by atoms with Gasteiger partial charge in [0.2, 0.25) is 0 Å². The van der Waals surface area contributed by atoms with Crippen LogP contribution in [0.3, 0.4) is 0 Å². The highest BCUT2D eigenvalue weighted by Gasteiger charge is 2.21. The van der Waals surface area contributed by atoms with Crippen LogP contribution in [-0.2, 0) is 4.74 Å². The maximum atomic E-state index is 13.1. The summed E-state index contributed by atoms with van der Waals surface area (Å²) in [6, 6.07) is 9.34. The van der Waals surface area contributed by atoms with Crippen LogP contribution in [-0.4, -0.2) is 35.0 Å². The molecule has 0 amide bonds. The molecule has 3 aromatic rings. The number of nitrogens with zero attached hydrogens (tertiary/aromatic N) is 1. The highest BCUT2D eigenvalue weighted by Crippen LogP contribution is 2.26. The van der Waals surface area contributed by atoms with Crippen LogP contribution in [0.5, 0.6) is 0 Å². The van der Waals surface area contributed by atoms with E-state index in [0.29, 0.717) is 22.0 Å². The van der Waals surface area contributed by atoms with Crippen molar-refractivity contribution in [3.8, 4) is 0 Å². The van der Waals surface area contributed by atoms with Gasteiger partial charge in [-0.3, -0.25) is 4.79 Å². The Morgan fingerprint density at radius 3 is 2.92 bits per heavy atom. The minimum Gasteiger partial charge on any atom is -0.381 e. The fraction of sp³-hybridized carbons (Fsp3) is 0.263. The predicted octanol–water partition coefficient (Wildman–Crippen LogP) is 4.04. The van der Waals surface area contributed by atoms with Crippen LogP contribution in [0.1, 0.15) is 28.8 Å². The summed E-state index contributed by atoms with van der Waals surface area (Å²) in [6.07, 6.45) is 5.26. The number of carbonyl (C=O) groups excluding carboxylic acids is 1. The van der Waals surface area contributed by atoms with Gasteiger partial charge in [-0.15, -0.1) is 0 Å². The smallest absolute Gasteiger partial charge is 0.198 e. The van der Waals surface area contributed by atoms with Crippen molar-refractivity contribution in [2.24, 2.45) is 0 Å². The number of hydrogen-bond acceptors (Lipinski definition) is 4. The zero-order chi connectivity index (χ0) is 17.2. The maximum Gasteiger partial charge on any atom is 0.198 e. The summed E-state index contributed by atoms with van der Waals surface area (Å²) in [5, 5.41) is 4.90. The molecule has 5 nitrogen and oxygen atoms in total. The van der Waals surface area contributed by atoms with Gasteiger partial charge < -0.3 is 15.0 Å². The number of carbonyl (C=O) groups is 1. The molecule has 2 aromatic heterocycles. The minimum absolute atomic E-state index is 0.0590. The van der Waals surface area contributed by atoms with Crippen molar-refractivity contribution in [2.45, 2.75) is 18.9 Å².